The number of nitrogens with one attached hydrogen (secondary N) is 2. The van der Waals surface area contributed by atoms with Gasteiger partial charge in [-0.05, 0) is 37.5 Å². The van der Waals surface area contributed by atoms with Crippen LogP contribution in [0.15, 0.2) is 0 Å². The lowest BCUT2D eigenvalue weighted by Crippen LogP contribution is -2.49. The normalized spacial score (nSPS) is 28.0. The number of methoxy groups -OCH3 is 1. The largest absolute Gasteiger partial charge is 0.385 e. The fraction of sp³-hybridized carbons (Fsp3) is 0.909. The van der Waals surface area contributed by atoms with Crippen molar-refractivity contribution >= 4 is 11.9 Å². The first-order valence-corrected chi connectivity index (χ1v) is 11.3. The number of carbonyl (C=O) groups excluding carboxylic acids is 1. The third-order valence-electron chi connectivity index (χ3n) is 7.08. The molecule has 0 radical (unpaired) electrons. The highest BCUT2D eigenvalue weighted by Crippen LogP contribution is 2.38. The number of guanidine groups is 1. The summed E-state index contributed by atoms with van der Waals surface area (Å²) >= 11 is 0. The molecule has 0 aromatic rings. The van der Waals surface area contributed by atoms with Gasteiger partial charge in [0.1, 0.15) is 5.54 Å². The van der Waals surface area contributed by atoms with E-state index >= 15 is 0 Å². The van der Waals surface area contributed by atoms with E-state index in [0.29, 0.717) is 25.0 Å². The number of hydrogen-bond donors (Lipinski definition) is 2. The maximum atomic E-state index is 13.5. The molecule has 2 N–H and O–H groups in total. The van der Waals surface area contributed by atoms with Crippen molar-refractivity contribution in [3.8, 4) is 0 Å². The Hall–Kier alpha value is -1.10. The molecule has 3 rings (SSSR count). The molecule has 3 fully saturated rings. The Bertz CT molecular complexity index is 498. The first-order valence-electron chi connectivity index (χ1n) is 11.3. The molecule has 154 valence electrons. The van der Waals surface area contributed by atoms with Crippen LogP contribution in [0.5, 0.6) is 0 Å². The van der Waals surface area contributed by atoms with E-state index in [1.807, 2.05) is 0 Å². The summed E-state index contributed by atoms with van der Waals surface area (Å²) in [5.41, 5.74) is -0.524. The zero-order valence-corrected chi connectivity index (χ0v) is 17.2. The minimum atomic E-state index is -0.524. The summed E-state index contributed by atoms with van der Waals surface area (Å²) in [5.74, 6) is 1.88. The smallest absolute Gasteiger partial charge is 0.255 e. The average Bonchev–Trinajstić information content (AvgIpc) is 2.92. The van der Waals surface area contributed by atoms with Crippen LogP contribution in [-0.4, -0.2) is 42.6 Å². The van der Waals surface area contributed by atoms with Crippen LogP contribution in [0.3, 0.4) is 0 Å². The minimum absolute atomic E-state index is 0.157. The van der Waals surface area contributed by atoms with Gasteiger partial charge in [-0.15, -0.1) is 0 Å². The molecule has 3 aliphatic rings. The molecular weight excluding hydrogens is 338 g/mol. The van der Waals surface area contributed by atoms with Crippen molar-refractivity contribution in [1.29, 1.82) is 5.41 Å². The van der Waals surface area contributed by atoms with Gasteiger partial charge >= 0.3 is 0 Å². The lowest BCUT2D eigenvalue weighted by atomic mass is 9.75. The molecule has 5 heteroatoms. The number of rotatable bonds is 9. The molecule has 1 atom stereocenters. The van der Waals surface area contributed by atoms with Crippen molar-refractivity contribution in [3.63, 3.8) is 0 Å². The van der Waals surface area contributed by atoms with Crippen LogP contribution in [0, 0.1) is 17.2 Å². The van der Waals surface area contributed by atoms with Gasteiger partial charge in [0.05, 0.1) is 0 Å². The van der Waals surface area contributed by atoms with Crippen molar-refractivity contribution in [2.45, 2.75) is 95.4 Å². The van der Waals surface area contributed by atoms with E-state index < -0.39 is 5.54 Å². The maximum Gasteiger partial charge on any atom is 0.255 e. The predicted octanol–water partition coefficient (Wildman–Crippen LogP) is 4.46. The lowest BCUT2D eigenvalue weighted by Gasteiger charge is -2.34. The average molecular weight is 378 g/mol. The zero-order chi connectivity index (χ0) is 19.1. The van der Waals surface area contributed by atoms with Crippen LogP contribution >= 0.6 is 0 Å². The van der Waals surface area contributed by atoms with E-state index in [2.05, 4.69) is 5.32 Å². The van der Waals surface area contributed by atoms with E-state index in [9.17, 15) is 4.79 Å². The van der Waals surface area contributed by atoms with Gasteiger partial charge in [0.2, 0.25) is 0 Å². The first kappa shape index (κ1) is 20.6. The van der Waals surface area contributed by atoms with Crippen LogP contribution in [-0.2, 0) is 9.53 Å². The van der Waals surface area contributed by atoms with Crippen molar-refractivity contribution in [2.75, 3.05) is 20.3 Å². The quantitative estimate of drug-likeness (QED) is 0.583. The number of nitrogens with zero attached hydrogens (tertiary/aromatic N) is 1. The topological polar surface area (TPSA) is 65.4 Å². The summed E-state index contributed by atoms with van der Waals surface area (Å²) in [6.07, 6.45) is 16.9. The highest BCUT2D eigenvalue weighted by atomic mass is 16.5. The Morgan fingerprint density at radius 2 is 1.70 bits per heavy atom. The number of ether oxygens (including phenoxy) is 1. The summed E-state index contributed by atoms with van der Waals surface area (Å²) in [7, 11) is 1.69. The number of hydrogen-bond acceptors (Lipinski definition) is 3. The standard InChI is InChI=1S/C22H39N3O2/c1-27-16-8-15-25-20(26)22(24-21(25)23,17-19-11-6-3-7-12-19)14-13-18-9-4-2-5-10-18/h18-19H,2-17H2,1H3,(H2,23,24)/t22-/m1/s1. The Morgan fingerprint density at radius 1 is 1.07 bits per heavy atom. The van der Waals surface area contributed by atoms with Gasteiger partial charge in [-0.2, -0.15) is 0 Å². The minimum Gasteiger partial charge on any atom is -0.385 e. The summed E-state index contributed by atoms with van der Waals surface area (Å²) in [6, 6.07) is 0. The van der Waals surface area contributed by atoms with Crippen molar-refractivity contribution < 1.29 is 9.53 Å². The van der Waals surface area contributed by atoms with E-state index in [4.69, 9.17) is 10.1 Å². The molecule has 2 aliphatic carbocycles. The van der Waals surface area contributed by atoms with Crippen molar-refractivity contribution in [2.24, 2.45) is 11.8 Å². The Kier molecular flexibility index (Phi) is 7.57. The number of amides is 1. The molecule has 1 amide bonds. The summed E-state index contributed by atoms with van der Waals surface area (Å²) < 4.78 is 5.14. The zero-order valence-electron chi connectivity index (χ0n) is 17.2. The van der Waals surface area contributed by atoms with Gasteiger partial charge in [-0.25, -0.2) is 0 Å². The van der Waals surface area contributed by atoms with Gasteiger partial charge in [0, 0.05) is 20.3 Å². The molecule has 0 aromatic carbocycles. The first-order chi connectivity index (χ1) is 13.1. The van der Waals surface area contributed by atoms with Gasteiger partial charge in [-0.3, -0.25) is 15.1 Å². The Labute approximate surface area is 165 Å². The van der Waals surface area contributed by atoms with Crippen LogP contribution in [0.2, 0.25) is 0 Å². The molecule has 0 bridgehead atoms. The third-order valence-corrected chi connectivity index (χ3v) is 7.08. The molecule has 0 spiro atoms. The van der Waals surface area contributed by atoms with Crippen LogP contribution < -0.4 is 5.32 Å². The van der Waals surface area contributed by atoms with Crippen LogP contribution in [0.25, 0.3) is 0 Å². The van der Waals surface area contributed by atoms with Crippen molar-refractivity contribution in [3.05, 3.63) is 0 Å². The van der Waals surface area contributed by atoms with Gasteiger partial charge in [-0.1, -0.05) is 64.2 Å². The second-order valence-corrected chi connectivity index (χ2v) is 9.11. The molecule has 1 aliphatic heterocycles. The predicted molar refractivity (Wildman–Crippen MR) is 109 cm³/mol. The van der Waals surface area contributed by atoms with Gasteiger partial charge in [0.15, 0.2) is 5.96 Å². The summed E-state index contributed by atoms with van der Waals surface area (Å²) in [4.78, 5) is 15.1. The van der Waals surface area contributed by atoms with E-state index in [1.165, 1.54) is 64.2 Å². The van der Waals surface area contributed by atoms with Crippen molar-refractivity contribution in [1.82, 2.24) is 10.2 Å². The fourth-order valence-electron chi connectivity index (χ4n) is 5.51. The molecular formula is C22H39N3O2. The molecule has 1 saturated heterocycles. The van der Waals surface area contributed by atoms with Gasteiger partial charge < -0.3 is 10.1 Å². The summed E-state index contributed by atoms with van der Waals surface area (Å²) in [5, 5.41) is 11.8. The highest BCUT2D eigenvalue weighted by Gasteiger charge is 2.50. The molecule has 2 saturated carbocycles. The fourth-order valence-corrected chi connectivity index (χ4v) is 5.51. The van der Waals surface area contributed by atoms with Crippen LogP contribution in [0.4, 0.5) is 0 Å². The molecule has 1 heterocycles. The Morgan fingerprint density at radius 3 is 2.33 bits per heavy atom. The van der Waals surface area contributed by atoms with E-state index in [0.717, 1.165) is 31.6 Å². The molecule has 5 nitrogen and oxygen atoms in total. The third kappa shape index (κ3) is 5.24. The van der Waals surface area contributed by atoms with Crippen LogP contribution in [0.1, 0.15) is 89.9 Å². The van der Waals surface area contributed by atoms with E-state index in [-0.39, 0.29) is 5.91 Å². The summed E-state index contributed by atoms with van der Waals surface area (Å²) in [6.45, 7) is 1.23. The second kappa shape index (κ2) is 9.90. The maximum absolute atomic E-state index is 13.5. The van der Waals surface area contributed by atoms with E-state index in [1.54, 1.807) is 12.0 Å². The monoisotopic (exact) mass is 377 g/mol. The highest BCUT2D eigenvalue weighted by molar-refractivity contribution is 6.07. The second-order valence-electron chi connectivity index (χ2n) is 9.11. The SMILES string of the molecule is COCCCN1C(=N)N[C@](CCC2CCCCC2)(CC2CCCCC2)C1=O. The Balaban J connectivity index is 1.68. The molecule has 0 unspecified atom stereocenters. The van der Waals surface area contributed by atoms with Gasteiger partial charge in [0.25, 0.3) is 5.91 Å². The number of carbonyl (C=O) groups is 1. The lowest BCUT2D eigenvalue weighted by molar-refractivity contribution is -0.132. The molecule has 0 aromatic heterocycles. The molecule has 27 heavy (non-hydrogen) atoms.